The molecule has 1 atom stereocenters. The van der Waals surface area contributed by atoms with Gasteiger partial charge >= 0.3 is 0 Å². The molecule has 0 amide bonds. The van der Waals surface area contributed by atoms with E-state index in [0.717, 1.165) is 5.69 Å². The van der Waals surface area contributed by atoms with Crippen LogP contribution in [0.15, 0.2) is 18.2 Å². The van der Waals surface area contributed by atoms with Crippen LogP contribution in [-0.2, 0) is 0 Å². The number of halogens is 1. The van der Waals surface area contributed by atoms with Crippen molar-refractivity contribution in [2.45, 2.75) is 19.2 Å². The van der Waals surface area contributed by atoms with Crippen molar-refractivity contribution in [3.8, 4) is 0 Å². The van der Waals surface area contributed by atoms with Crippen LogP contribution < -0.4 is 5.32 Å². The summed E-state index contributed by atoms with van der Waals surface area (Å²) in [7, 11) is 0. The van der Waals surface area contributed by atoms with Crippen molar-refractivity contribution < 1.29 is 4.39 Å². The van der Waals surface area contributed by atoms with Gasteiger partial charge in [0.2, 0.25) is 0 Å². The van der Waals surface area contributed by atoms with Gasteiger partial charge in [-0.25, -0.2) is 4.39 Å². The quantitative estimate of drug-likeness (QED) is 0.533. The summed E-state index contributed by atoms with van der Waals surface area (Å²) in [6.07, 6.45) is 0. The second-order valence-corrected chi connectivity index (χ2v) is 3.51. The van der Waals surface area contributed by atoms with Gasteiger partial charge in [-0.05, 0) is 26.0 Å². The van der Waals surface area contributed by atoms with Gasteiger partial charge in [0.1, 0.15) is 5.82 Å². The van der Waals surface area contributed by atoms with Crippen LogP contribution in [0.3, 0.4) is 0 Å². The van der Waals surface area contributed by atoms with Crippen LogP contribution in [-0.4, -0.2) is 5.37 Å². The highest BCUT2D eigenvalue weighted by molar-refractivity contribution is 7.81. The third-order valence-electron chi connectivity index (χ3n) is 1.63. The van der Waals surface area contributed by atoms with Crippen LogP contribution in [0.5, 0.6) is 0 Å². The first-order valence-corrected chi connectivity index (χ1v) is 4.32. The van der Waals surface area contributed by atoms with Gasteiger partial charge in [0.15, 0.2) is 0 Å². The molecule has 0 aliphatic carbocycles. The standard InChI is InChI=1S/C9H12FNS/c1-6-8(10)4-3-5-9(6)11-7(2)12/h3-5,7,11-12H,1-2H3. The lowest BCUT2D eigenvalue weighted by Gasteiger charge is -2.11. The molecule has 1 rings (SSSR count). The summed E-state index contributed by atoms with van der Waals surface area (Å²) in [6.45, 7) is 3.64. The normalized spacial score (nSPS) is 12.7. The molecule has 0 bridgehead atoms. The molecule has 0 aliphatic heterocycles. The van der Waals surface area contributed by atoms with Crippen LogP contribution in [0.2, 0.25) is 0 Å². The van der Waals surface area contributed by atoms with Gasteiger partial charge in [-0.2, -0.15) is 12.6 Å². The van der Waals surface area contributed by atoms with Gasteiger partial charge in [0.05, 0.1) is 5.37 Å². The molecule has 0 heterocycles. The van der Waals surface area contributed by atoms with Crippen molar-refractivity contribution in [1.82, 2.24) is 0 Å². The first-order valence-electron chi connectivity index (χ1n) is 3.81. The fourth-order valence-electron chi connectivity index (χ4n) is 0.989. The molecular weight excluding hydrogens is 173 g/mol. The minimum absolute atomic E-state index is 0.0329. The van der Waals surface area contributed by atoms with E-state index < -0.39 is 0 Å². The lowest BCUT2D eigenvalue weighted by atomic mass is 10.2. The molecule has 0 radical (unpaired) electrons. The summed E-state index contributed by atoms with van der Waals surface area (Å²) < 4.78 is 13.0. The summed E-state index contributed by atoms with van der Waals surface area (Å²) in [5, 5.41) is 3.07. The molecular formula is C9H12FNS. The van der Waals surface area contributed by atoms with Crippen LogP contribution >= 0.6 is 12.6 Å². The predicted molar refractivity (Wildman–Crippen MR) is 53.2 cm³/mol. The Hall–Kier alpha value is -0.700. The van der Waals surface area contributed by atoms with E-state index in [4.69, 9.17) is 0 Å². The zero-order valence-electron chi connectivity index (χ0n) is 7.13. The number of anilines is 1. The number of nitrogens with one attached hydrogen (secondary N) is 1. The van der Waals surface area contributed by atoms with Crippen LogP contribution in [0.1, 0.15) is 12.5 Å². The molecule has 1 aromatic rings. The Morgan fingerprint density at radius 3 is 2.75 bits per heavy atom. The molecule has 3 heteroatoms. The van der Waals surface area contributed by atoms with Crippen molar-refractivity contribution in [3.63, 3.8) is 0 Å². The van der Waals surface area contributed by atoms with Gasteiger partial charge in [-0.3, -0.25) is 0 Å². The van der Waals surface area contributed by atoms with Crippen molar-refractivity contribution in [3.05, 3.63) is 29.6 Å². The second-order valence-electron chi connectivity index (χ2n) is 2.73. The maximum atomic E-state index is 13.0. The summed E-state index contributed by atoms with van der Waals surface area (Å²) >= 11 is 4.16. The number of hydrogen-bond donors (Lipinski definition) is 2. The first-order chi connectivity index (χ1) is 5.61. The fraction of sp³-hybridized carbons (Fsp3) is 0.333. The van der Waals surface area contributed by atoms with E-state index in [1.165, 1.54) is 6.07 Å². The van der Waals surface area contributed by atoms with Gasteiger partial charge in [-0.1, -0.05) is 6.07 Å². The predicted octanol–water partition coefficient (Wildman–Crippen LogP) is 2.82. The Morgan fingerprint density at radius 1 is 1.50 bits per heavy atom. The maximum Gasteiger partial charge on any atom is 0.128 e. The molecule has 1 aromatic carbocycles. The summed E-state index contributed by atoms with van der Waals surface area (Å²) in [4.78, 5) is 0. The second kappa shape index (κ2) is 3.81. The first kappa shape index (κ1) is 9.39. The Balaban J connectivity index is 2.92. The van der Waals surface area contributed by atoms with Crippen molar-refractivity contribution in [2.24, 2.45) is 0 Å². The minimum atomic E-state index is -0.186. The summed E-state index contributed by atoms with van der Waals surface area (Å²) in [5.41, 5.74) is 1.44. The third kappa shape index (κ3) is 2.14. The molecule has 1 unspecified atom stereocenters. The zero-order valence-corrected chi connectivity index (χ0v) is 8.03. The molecule has 0 fully saturated rings. The Labute approximate surface area is 77.4 Å². The average Bonchev–Trinajstić information content (AvgIpc) is 1.98. The van der Waals surface area contributed by atoms with E-state index in [9.17, 15) is 4.39 Å². The third-order valence-corrected chi connectivity index (χ3v) is 1.76. The highest BCUT2D eigenvalue weighted by Crippen LogP contribution is 2.18. The smallest absolute Gasteiger partial charge is 0.128 e. The Morgan fingerprint density at radius 2 is 2.17 bits per heavy atom. The Bertz CT molecular complexity index is 273. The highest BCUT2D eigenvalue weighted by Gasteiger charge is 2.03. The van der Waals surface area contributed by atoms with E-state index in [1.54, 1.807) is 13.0 Å². The minimum Gasteiger partial charge on any atom is -0.374 e. The zero-order chi connectivity index (χ0) is 9.14. The number of rotatable bonds is 2. The van der Waals surface area contributed by atoms with Crippen LogP contribution in [0.4, 0.5) is 10.1 Å². The summed E-state index contributed by atoms with van der Waals surface area (Å²) in [5.74, 6) is -0.186. The van der Waals surface area contributed by atoms with Crippen LogP contribution in [0.25, 0.3) is 0 Å². The fourth-order valence-corrected chi connectivity index (χ4v) is 1.13. The number of thiol groups is 1. The molecule has 0 saturated heterocycles. The molecule has 0 aliphatic rings. The molecule has 1 N–H and O–H groups in total. The van der Waals surface area contributed by atoms with Crippen LogP contribution in [0, 0.1) is 12.7 Å². The van der Waals surface area contributed by atoms with Gasteiger partial charge in [-0.15, -0.1) is 0 Å². The largest absolute Gasteiger partial charge is 0.374 e. The van der Waals surface area contributed by atoms with Crippen molar-refractivity contribution in [1.29, 1.82) is 0 Å². The van der Waals surface area contributed by atoms with Crippen molar-refractivity contribution in [2.75, 3.05) is 5.32 Å². The maximum absolute atomic E-state index is 13.0. The lowest BCUT2D eigenvalue weighted by molar-refractivity contribution is 0.619. The number of benzene rings is 1. The molecule has 0 aromatic heterocycles. The van der Waals surface area contributed by atoms with E-state index in [2.05, 4.69) is 17.9 Å². The Kier molecular flexibility index (Phi) is 2.98. The topological polar surface area (TPSA) is 12.0 Å². The van der Waals surface area contributed by atoms with Crippen molar-refractivity contribution >= 4 is 18.3 Å². The molecule has 12 heavy (non-hydrogen) atoms. The van der Waals surface area contributed by atoms with Gasteiger partial charge < -0.3 is 5.32 Å². The van der Waals surface area contributed by atoms with E-state index in [1.807, 2.05) is 13.0 Å². The lowest BCUT2D eigenvalue weighted by Crippen LogP contribution is -2.08. The van der Waals surface area contributed by atoms with Gasteiger partial charge in [0.25, 0.3) is 0 Å². The number of hydrogen-bond acceptors (Lipinski definition) is 2. The average molecular weight is 185 g/mol. The van der Waals surface area contributed by atoms with E-state index in [-0.39, 0.29) is 11.2 Å². The molecule has 0 spiro atoms. The van der Waals surface area contributed by atoms with Gasteiger partial charge in [0, 0.05) is 11.3 Å². The SMILES string of the molecule is Cc1c(F)cccc1NC(C)S. The molecule has 66 valence electrons. The van der Waals surface area contributed by atoms with E-state index in [0.29, 0.717) is 5.56 Å². The monoisotopic (exact) mass is 185 g/mol. The molecule has 0 saturated carbocycles. The van der Waals surface area contributed by atoms with E-state index >= 15 is 0 Å². The summed E-state index contributed by atoms with van der Waals surface area (Å²) in [6, 6.07) is 4.97. The highest BCUT2D eigenvalue weighted by atomic mass is 32.1. The molecule has 1 nitrogen and oxygen atoms in total.